The van der Waals surface area contributed by atoms with Gasteiger partial charge in [-0.05, 0) is 32.6 Å². The van der Waals surface area contributed by atoms with E-state index in [4.69, 9.17) is 4.74 Å². The Kier molecular flexibility index (Phi) is 4.52. The number of hydrogen-bond donors (Lipinski definition) is 2. The molecule has 2 unspecified atom stereocenters. The summed E-state index contributed by atoms with van der Waals surface area (Å²) in [5.74, 6) is -0.824. The summed E-state index contributed by atoms with van der Waals surface area (Å²) in [5.41, 5.74) is -0.841. The Morgan fingerprint density at radius 3 is 2.65 bits per heavy atom. The minimum absolute atomic E-state index is 0.149. The topological polar surface area (TPSA) is 78.9 Å². The van der Waals surface area contributed by atoms with Gasteiger partial charge < -0.3 is 20.1 Å². The maximum absolute atomic E-state index is 12.4. The highest BCUT2D eigenvalue weighted by Gasteiger charge is 2.46. The van der Waals surface area contributed by atoms with Crippen molar-refractivity contribution in [2.45, 2.75) is 51.1 Å². The number of carboxylic acid groups (broad SMARTS) is 1. The Morgan fingerprint density at radius 1 is 1.40 bits per heavy atom. The van der Waals surface area contributed by atoms with Gasteiger partial charge in [0.25, 0.3) is 0 Å². The zero-order chi connectivity index (χ0) is 14.8. The number of rotatable bonds is 6. The fourth-order valence-electron chi connectivity index (χ4n) is 2.91. The summed E-state index contributed by atoms with van der Waals surface area (Å²) in [5, 5.41) is 12.3. The van der Waals surface area contributed by atoms with Gasteiger partial charge in [0.05, 0.1) is 12.0 Å². The molecule has 2 fully saturated rings. The van der Waals surface area contributed by atoms with Crippen LogP contribution in [-0.2, 0) is 9.53 Å². The molecule has 114 valence electrons. The normalized spacial score (nSPS) is 29.2. The second-order valence-corrected chi connectivity index (χ2v) is 6.03. The molecule has 0 aromatic rings. The number of ether oxygens (including phenoxy) is 1. The van der Waals surface area contributed by atoms with Crippen molar-refractivity contribution >= 4 is 12.0 Å². The first-order valence-electron chi connectivity index (χ1n) is 7.28. The first-order chi connectivity index (χ1) is 9.49. The van der Waals surface area contributed by atoms with E-state index in [-0.39, 0.29) is 12.1 Å². The van der Waals surface area contributed by atoms with Crippen molar-refractivity contribution in [3.8, 4) is 0 Å². The average Bonchev–Trinajstić information content (AvgIpc) is 3.16. The molecule has 2 amide bonds. The molecule has 20 heavy (non-hydrogen) atoms. The summed E-state index contributed by atoms with van der Waals surface area (Å²) in [6.07, 6.45) is 4.25. The van der Waals surface area contributed by atoms with E-state index in [0.717, 1.165) is 25.7 Å². The number of carboxylic acids is 1. The number of carbonyl (C=O) groups excluding carboxylic acids is 1. The van der Waals surface area contributed by atoms with Crippen LogP contribution in [0.2, 0.25) is 0 Å². The van der Waals surface area contributed by atoms with Crippen LogP contribution in [0.25, 0.3) is 0 Å². The summed E-state index contributed by atoms with van der Waals surface area (Å²) in [4.78, 5) is 25.6. The molecule has 6 heteroatoms. The summed E-state index contributed by atoms with van der Waals surface area (Å²) >= 11 is 0. The summed E-state index contributed by atoms with van der Waals surface area (Å²) in [6, 6.07) is -0.136. The van der Waals surface area contributed by atoms with Gasteiger partial charge in [0, 0.05) is 25.7 Å². The van der Waals surface area contributed by atoms with E-state index >= 15 is 0 Å². The molecule has 6 nitrogen and oxygen atoms in total. The number of nitrogens with zero attached hydrogens (tertiary/aromatic N) is 1. The van der Waals surface area contributed by atoms with Crippen LogP contribution in [0.4, 0.5) is 4.79 Å². The van der Waals surface area contributed by atoms with E-state index < -0.39 is 11.4 Å². The molecule has 0 bridgehead atoms. The first-order valence-corrected chi connectivity index (χ1v) is 7.28. The number of aliphatic carboxylic acids is 1. The number of urea groups is 1. The van der Waals surface area contributed by atoms with Gasteiger partial charge in [0.1, 0.15) is 0 Å². The molecule has 2 rings (SSSR count). The van der Waals surface area contributed by atoms with Crippen LogP contribution < -0.4 is 5.32 Å². The third kappa shape index (κ3) is 3.06. The molecule has 2 saturated carbocycles. The Bertz CT molecular complexity index is 383. The number of methoxy groups -OCH3 is 1. The van der Waals surface area contributed by atoms with Gasteiger partial charge in [-0.2, -0.15) is 0 Å². The van der Waals surface area contributed by atoms with Crippen molar-refractivity contribution < 1.29 is 19.4 Å². The van der Waals surface area contributed by atoms with Crippen molar-refractivity contribution in [3.05, 3.63) is 0 Å². The van der Waals surface area contributed by atoms with Crippen molar-refractivity contribution in [2.24, 2.45) is 5.41 Å². The zero-order valence-electron chi connectivity index (χ0n) is 12.2. The van der Waals surface area contributed by atoms with Crippen LogP contribution in [0.15, 0.2) is 0 Å². The predicted octanol–water partition coefficient (Wildman–Crippen LogP) is 1.45. The van der Waals surface area contributed by atoms with Crippen molar-refractivity contribution in [2.75, 3.05) is 20.3 Å². The maximum atomic E-state index is 12.4. The fraction of sp³-hybridized carbons (Fsp3) is 0.857. The van der Waals surface area contributed by atoms with Gasteiger partial charge in [-0.3, -0.25) is 4.79 Å². The van der Waals surface area contributed by atoms with Gasteiger partial charge in [-0.1, -0.05) is 6.42 Å². The molecule has 0 heterocycles. The Balaban J connectivity index is 1.97. The molecule has 0 aromatic heterocycles. The monoisotopic (exact) mass is 284 g/mol. The minimum atomic E-state index is -0.841. The lowest BCUT2D eigenvalue weighted by Gasteiger charge is -2.31. The van der Waals surface area contributed by atoms with Crippen molar-refractivity contribution in [1.82, 2.24) is 10.2 Å². The van der Waals surface area contributed by atoms with Gasteiger partial charge in [0.15, 0.2) is 0 Å². The minimum Gasteiger partial charge on any atom is -0.481 e. The predicted molar refractivity (Wildman–Crippen MR) is 73.5 cm³/mol. The number of nitrogens with one attached hydrogen (secondary N) is 1. The van der Waals surface area contributed by atoms with E-state index in [9.17, 15) is 14.7 Å². The fourth-order valence-corrected chi connectivity index (χ4v) is 2.91. The molecule has 2 aliphatic carbocycles. The van der Waals surface area contributed by atoms with Crippen LogP contribution in [0.5, 0.6) is 0 Å². The van der Waals surface area contributed by atoms with E-state index in [1.165, 1.54) is 0 Å². The van der Waals surface area contributed by atoms with Crippen LogP contribution in [0.1, 0.15) is 39.0 Å². The average molecular weight is 284 g/mol. The molecule has 2 atom stereocenters. The van der Waals surface area contributed by atoms with Gasteiger partial charge in [0.2, 0.25) is 0 Å². The van der Waals surface area contributed by atoms with Gasteiger partial charge in [-0.25, -0.2) is 4.79 Å². The SMILES string of the molecule is COCCN(C(=O)NC1CCCC1(C)C(=O)O)C1CC1. The number of carbonyl (C=O) groups is 2. The lowest BCUT2D eigenvalue weighted by Crippen LogP contribution is -2.52. The van der Waals surface area contributed by atoms with Crippen LogP contribution in [0.3, 0.4) is 0 Å². The number of amides is 2. The Hall–Kier alpha value is -1.30. The van der Waals surface area contributed by atoms with Gasteiger partial charge >= 0.3 is 12.0 Å². The highest BCUT2D eigenvalue weighted by atomic mass is 16.5. The van der Waals surface area contributed by atoms with E-state index in [2.05, 4.69) is 5.32 Å². The molecule has 0 aliphatic heterocycles. The molecule has 0 aromatic carbocycles. The highest BCUT2D eigenvalue weighted by molar-refractivity contribution is 5.79. The smallest absolute Gasteiger partial charge is 0.317 e. The summed E-state index contributed by atoms with van der Waals surface area (Å²) < 4.78 is 5.03. The van der Waals surface area contributed by atoms with E-state index in [1.54, 1.807) is 18.9 Å². The highest BCUT2D eigenvalue weighted by Crippen LogP contribution is 2.38. The van der Waals surface area contributed by atoms with E-state index in [0.29, 0.717) is 25.6 Å². The standard InChI is InChI=1S/C14H24N2O4/c1-14(12(17)18)7-3-4-11(14)15-13(19)16(8-9-20-2)10-5-6-10/h10-11H,3-9H2,1-2H3,(H,15,19)(H,17,18). The van der Waals surface area contributed by atoms with Gasteiger partial charge in [-0.15, -0.1) is 0 Å². The van der Waals surface area contributed by atoms with E-state index in [1.807, 2.05) is 0 Å². The molecule has 0 radical (unpaired) electrons. The third-order valence-corrected chi connectivity index (χ3v) is 4.53. The molecule has 2 N–H and O–H groups in total. The summed E-state index contributed by atoms with van der Waals surface area (Å²) in [6.45, 7) is 2.79. The van der Waals surface area contributed by atoms with Crippen LogP contribution >= 0.6 is 0 Å². The second-order valence-electron chi connectivity index (χ2n) is 6.03. The maximum Gasteiger partial charge on any atom is 0.317 e. The summed E-state index contributed by atoms with van der Waals surface area (Å²) in [7, 11) is 1.61. The third-order valence-electron chi connectivity index (χ3n) is 4.53. The largest absolute Gasteiger partial charge is 0.481 e. The first kappa shape index (κ1) is 15.1. The molecule has 0 saturated heterocycles. The molecular formula is C14H24N2O4. The lowest BCUT2D eigenvalue weighted by atomic mass is 9.85. The molecule has 2 aliphatic rings. The van der Waals surface area contributed by atoms with Crippen molar-refractivity contribution in [1.29, 1.82) is 0 Å². The number of hydrogen-bond acceptors (Lipinski definition) is 3. The quantitative estimate of drug-likeness (QED) is 0.774. The zero-order valence-corrected chi connectivity index (χ0v) is 12.2. The Morgan fingerprint density at radius 2 is 2.10 bits per heavy atom. The molecule has 0 spiro atoms. The van der Waals surface area contributed by atoms with Crippen molar-refractivity contribution in [3.63, 3.8) is 0 Å². The molecular weight excluding hydrogens is 260 g/mol. The Labute approximate surface area is 119 Å². The van der Waals surface area contributed by atoms with Crippen LogP contribution in [-0.4, -0.2) is 54.4 Å². The second kappa shape index (κ2) is 5.99. The lowest BCUT2D eigenvalue weighted by molar-refractivity contribution is -0.148. The van der Waals surface area contributed by atoms with Crippen LogP contribution in [0, 0.1) is 5.41 Å².